The fraction of sp³-hybridized carbons (Fsp3) is 0.474. The van der Waals surface area contributed by atoms with E-state index in [1.54, 1.807) is 0 Å². The van der Waals surface area contributed by atoms with Crippen molar-refractivity contribution in [3.05, 3.63) is 29.5 Å². The summed E-state index contributed by atoms with van der Waals surface area (Å²) in [6.07, 6.45) is 8.53. The number of aromatic nitrogens is 1. The largest absolute Gasteiger partial charge is 0.355 e. The molecule has 2 heterocycles. The summed E-state index contributed by atoms with van der Waals surface area (Å²) in [6, 6.07) is 3.95. The monoisotopic (exact) mass is 339 g/mol. The first-order valence-corrected chi connectivity index (χ1v) is 9.08. The number of anilines is 1. The molecule has 2 aromatic rings. The van der Waals surface area contributed by atoms with Gasteiger partial charge in [-0.15, -0.1) is 0 Å². The summed E-state index contributed by atoms with van der Waals surface area (Å²) < 4.78 is 5.65. The molecular weight excluding hydrogens is 313 g/mol. The molecule has 3 rings (SSSR count). The molecule has 1 N–H and O–H groups in total. The van der Waals surface area contributed by atoms with Gasteiger partial charge in [0.05, 0.1) is 11.4 Å². The third-order valence-electron chi connectivity index (χ3n) is 5.03. The van der Waals surface area contributed by atoms with Crippen molar-refractivity contribution in [3.63, 3.8) is 0 Å². The molecule has 6 heteroatoms. The zero-order valence-electron chi connectivity index (χ0n) is 15.3. The number of benzene rings is 1. The lowest BCUT2D eigenvalue weighted by atomic mass is 9.90. The van der Waals surface area contributed by atoms with Crippen molar-refractivity contribution in [2.45, 2.75) is 39.5 Å². The third-order valence-corrected chi connectivity index (χ3v) is 5.03. The van der Waals surface area contributed by atoms with Gasteiger partial charge in [-0.2, -0.15) is 0 Å². The summed E-state index contributed by atoms with van der Waals surface area (Å²) in [5, 5.41) is 8.24. The Morgan fingerprint density at radius 3 is 2.88 bits per heavy atom. The molecule has 0 atom stereocenters. The Balaban J connectivity index is 1.81. The summed E-state index contributed by atoms with van der Waals surface area (Å²) in [5.41, 5.74) is 3.42. The molecule has 1 saturated heterocycles. The van der Waals surface area contributed by atoms with Crippen LogP contribution in [0.4, 0.5) is 5.69 Å². The van der Waals surface area contributed by atoms with E-state index >= 15 is 0 Å². The topological polar surface area (TPSA) is 58.4 Å². The maximum atomic E-state index is 11.4. The molecule has 1 aromatic heterocycles. The summed E-state index contributed by atoms with van der Waals surface area (Å²) in [7, 11) is 2.19. The van der Waals surface area contributed by atoms with Gasteiger partial charge in [0.1, 0.15) is 0 Å². The van der Waals surface area contributed by atoms with Gasteiger partial charge >= 0.3 is 0 Å². The molecule has 5 nitrogen and oxygen atoms in total. The predicted molar refractivity (Wildman–Crippen MR) is 104 cm³/mol. The van der Waals surface area contributed by atoms with Crippen LogP contribution in [0.1, 0.15) is 44.4 Å². The number of fused-ring (bicyclic) bond motifs is 1. The van der Waals surface area contributed by atoms with E-state index in [4.69, 9.17) is 4.52 Å². The number of hydrogen-bond donors (Lipinski definition) is 1. The Hall–Kier alpha value is -2.08. The third kappa shape index (κ3) is 4.13. The molecule has 0 unspecified atom stereocenters. The number of nitrogens with one attached hydrogen (secondary N) is 1. The minimum Gasteiger partial charge on any atom is -0.355 e. The smallest absolute Gasteiger partial charge is 0.221 e. The molecular formula is C19H26BN3O2. The van der Waals surface area contributed by atoms with E-state index in [9.17, 15) is 4.79 Å². The fourth-order valence-corrected chi connectivity index (χ4v) is 3.58. The van der Waals surface area contributed by atoms with Crippen molar-refractivity contribution in [3.8, 4) is 0 Å². The second-order valence-corrected chi connectivity index (χ2v) is 7.00. The molecule has 0 saturated carbocycles. The fourth-order valence-electron chi connectivity index (χ4n) is 3.58. The van der Waals surface area contributed by atoms with E-state index in [1.165, 1.54) is 32.9 Å². The van der Waals surface area contributed by atoms with Gasteiger partial charge in [-0.05, 0) is 63.7 Å². The first-order valence-electron chi connectivity index (χ1n) is 9.08. The summed E-state index contributed by atoms with van der Waals surface area (Å²) in [4.78, 5) is 13.8. The standard InChI is InChI=1S/C19H26BN3O2/c1-3-4-15-17(21-13(2)24)8-6-16-18(22-25-19(15)16)7-5-14-9-11-23(20)12-10-14/h3-4,6,8,14H,5,7,9-12,20H2,1-2H3,(H,21,24)/b4-3+. The zero-order chi connectivity index (χ0) is 17.8. The number of carbonyl (C=O) groups excluding carboxylic acids is 1. The maximum absolute atomic E-state index is 11.4. The average molecular weight is 339 g/mol. The van der Waals surface area contributed by atoms with Gasteiger partial charge in [0.2, 0.25) is 5.91 Å². The van der Waals surface area contributed by atoms with Gasteiger partial charge in [-0.1, -0.05) is 17.3 Å². The van der Waals surface area contributed by atoms with Crippen LogP contribution in [0, 0.1) is 5.92 Å². The highest BCUT2D eigenvalue weighted by Gasteiger charge is 2.19. The van der Waals surface area contributed by atoms with Gasteiger partial charge in [0.25, 0.3) is 0 Å². The van der Waals surface area contributed by atoms with Crippen molar-refractivity contribution in [2.75, 3.05) is 18.4 Å². The van der Waals surface area contributed by atoms with Crippen molar-refractivity contribution >= 4 is 36.6 Å². The highest BCUT2D eigenvalue weighted by Crippen LogP contribution is 2.31. The van der Waals surface area contributed by atoms with Gasteiger partial charge in [0, 0.05) is 17.9 Å². The molecule has 0 radical (unpaired) electrons. The van der Waals surface area contributed by atoms with E-state index < -0.39 is 0 Å². The molecule has 1 fully saturated rings. The second-order valence-electron chi connectivity index (χ2n) is 7.00. The molecule has 25 heavy (non-hydrogen) atoms. The molecule has 0 bridgehead atoms. The number of nitrogens with zero attached hydrogens (tertiary/aromatic N) is 2. The zero-order valence-corrected chi connectivity index (χ0v) is 15.3. The van der Waals surface area contributed by atoms with E-state index in [0.29, 0.717) is 0 Å². The Morgan fingerprint density at radius 1 is 1.44 bits per heavy atom. The van der Waals surface area contributed by atoms with Crippen LogP contribution in [0.2, 0.25) is 0 Å². The van der Waals surface area contributed by atoms with Crippen LogP contribution >= 0.6 is 0 Å². The lowest BCUT2D eigenvalue weighted by Crippen LogP contribution is -2.31. The van der Waals surface area contributed by atoms with E-state index in [-0.39, 0.29) is 5.91 Å². The van der Waals surface area contributed by atoms with Crippen molar-refractivity contribution < 1.29 is 9.32 Å². The molecule has 1 aromatic carbocycles. The summed E-state index contributed by atoms with van der Waals surface area (Å²) in [5.74, 6) is 0.684. The number of piperidine rings is 1. The van der Waals surface area contributed by atoms with E-state index in [1.807, 2.05) is 31.2 Å². The minimum atomic E-state index is -0.0906. The average Bonchev–Trinajstić information content (AvgIpc) is 2.99. The van der Waals surface area contributed by atoms with Crippen LogP contribution in [0.3, 0.4) is 0 Å². The minimum absolute atomic E-state index is 0.0906. The van der Waals surface area contributed by atoms with Crippen molar-refractivity contribution in [1.29, 1.82) is 0 Å². The lowest BCUT2D eigenvalue weighted by Gasteiger charge is -2.29. The Bertz CT molecular complexity index is 776. The van der Waals surface area contributed by atoms with Crippen LogP contribution in [0.25, 0.3) is 17.0 Å². The van der Waals surface area contributed by atoms with E-state index in [0.717, 1.165) is 46.7 Å². The molecule has 132 valence electrons. The predicted octanol–water partition coefficient (Wildman–Crippen LogP) is 3.01. The van der Waals surface area contributed by atoms with Crippen molar-refractivity contribution in [2.24, 2.45) is 5.92 Å². The summed E-state index contributed by atoms with van der Waals surface area (Å²) >= 11 is 0. The van der Waals surface area contributed by atoms with Crippen LogP contribution in [0.15, 0.2) is 22.7 Å². The first kappa shape index (κ1) is 17.7. The highest BCUT2D eigenvalue weighted by atomic mass is 16.5. The number of hydrogen-bond acceptors (Lipinski definition) is 4. The van der Waals surface area contributed by atoms with Crippen LogP contribution < -0.4 is 5.32 Å². The number of aryl methyl sites for hydroxylation is 1. The molecule has 1 amide bonds. The van der Waals surface area contributed by atoms with Crippen LogP contribution in [-0.4, -0.2) is 36.9 Å². The number of allylic oxidation sites excluding steroid dienone is 1. The SMILES string of the molecule is BN1CCC(CCc2noc3c(/C=C/C)c(NC(C)=O)ccc23)CC1. The quantitative estimate of drug-likeness (QED) is 0.851. The first-order chi connectivity index (χ1) is 12.1. The maximum Gasteiger partial charge on any atom is 0.221 e. The Labute approximate surface area is 149 Å². The van der Waals surface area contributed by atoms with Crippen LogP contribution in [-0.2, 0) is 11.2 Å². The number of amides is 1. The molecule has 0 aliphatic carbocycles. The second kappa shape index (κ2) is 7.87. The van der Waals surface area contributed by atoms with Gasteiger partial charge in [0.15, 0.2) is 13.6 Å². The molecule has 1 aliphatic rings. The number of carbonyl (C=O) groups is 1. The lowest BCUT2D eigenvalue weighted by molar-refractivity contribution is -0.114. The van der Waals surface area contributed by atoms with Gasteiger partial charge in [-0.25, -0.2) is 0 Å². The van der Waals surface area contributed by atoms with Crippen LogP contribution in [0.5, 0.6) is 0 Å². The van der Waals surface area contributed by atoms with Crippen molar-refractivity contribution in [1.82, 2.24) is 9.97 Å². The molecule has 0 spiro atoms. The summed E-state index contributed by atoms with van der Waals surface area (Å²) in [6.45, 7) is 5.84. The van der Waals surface area contributed by atoms with Gasteiger partial charge in [-0.3, -0.25) is 4.79 Å². The number of rotatable bonds is 5. The Morgan fingerprint density at radius 2 is 2.20 bits per heavy atom. The normalized spacial score (nSPS) is 16.7. The molecule has 1 aliphatic heterocycles. The Kier molecular flexibility index (Phi) is 5.58. The van der Waals surface area contributed by atoms with Gasteiger partial charge < -0.3 is 14.7 Å². The highest BCUT2D eigenvalue weighted by molar-refractivity contribution is 6.04. The van der Waals surface area contributed by atoms with E-state index in [2.05, 4.69) is 23.3 Å².